The van der Waals surface area contributed by atoms with Crippen LogP contribution in [0.3, 0.4) is 0 Å². The third-order valence-electron chi connectivity index (χ3n) is 7.84. The molecular formula is C36H22N8O2S2. The molecule has 12 heteroatoms. The smallest absolute Gasteiger partial charge is 0.233 e. The number of para-hydroxylation sites is 4. The minimum atomic E-state index is 0.358. The van der Waals surface area contributed by atoms with Gasteiger partial charge in [0.1, 0.15) is 22.4 Å². The van der Waals surface area contributed by atoms with E-state index in [1.165, 1.54) is 0 Å². The van der Waals surface area contributed by atoms with Gasteiger partial charge in [0.25, 0.3) is 0 Å². The van der Waals surface area contributed by atoms with E-state index >= 15 is 0 Å². The summed E-state index contributed by atoms with van der Waals surface area (Å²) in [6.45, 7) is 0. The van der Waals surface area contributed by atoms with Gasteiger partial charge in [-0.25, -0.2) is 9.97 Å². The molecule has 8 aromatic rings. The number of aromatic nitrogens is 4. The summed E-state index contributed by atoms with van der Waals surface area (Å²) in [6, 6.07) is 40.0. The molecule has 1 aliphatic rings. The van der Waals surface area contributed by atoms with Gasteiger partial charge in [-0.2, -0.15) is 17.5 Å². The number of fused-ring (bicyclic) bond motifs is 2. The minimum Gasteiger partial charge on any atom is -0.420 e. The highest BCUT2D eigenvalue weighted by Gasteiger charge is 2.31. The fourth-order valence-corrected chi connectivity index (χ4v) is 6.87. The van der Waals surface area contributed by atoms with Crippen molar-refractivity contribution in [2.45, 2.75) is 0 Å². The zero-order chi connectivity index (χ0) is 31.9. The Bertz CT molecular complexity index is 2210. The molecule has 9 rings (SSSR count). The Morgan fingerprint density at radius 2 is 0.812 bits per heavy atom. The lowest BCUT2D eigenvalue weighted by atomic mass is 10.0. The van der Waals surface area contributed by atoms with Crippen LogP contribution >= 0.6 is 11.7 Å². The first-order valence-corrected chi connectivity index (χ1v) is 16.4. The van der Waals surface area contributed by atoms with Crippen LogP contribution in [0.15, 0.2) is 151 Å². The number of oxazole rings is 2. The summed E-state index contributed by atoms with van der Waals surface area (Å²) in [4.78, 5) is 13.5. The molecule has 0 spiro atoms. The standard InChI is InChI=1S/C36H22N8O2S2/c1-5-13-23(14-6-1)43(24-15-7-2-8-16-24)27-21-37-35(45-27)29-31-33(41-47-39-31)30(34-32(29)40-48-42-34)36-38-22-28(46-36)44(25-17-9-3-10-18-25)26-19-11-4-12-20-26/h1-22H. The van der Waals surface area contributed by atoms with Gasteiger partial charge >= 0.3 is 0 Å². The van der Waals surface area contributed by atoms with Gasteiger partial charge in [0.05, 0.1) is 46.6 Å². The lowest BCUT2D eigenvalue weighted by molar-refractivity contribution is 0.580. The Hall–Kier alpha value is -6.24. The van der Waals surface area contributed by atoms with Crippen molar-refractivity contribution in [2.24, 2.45) is 8.73 Å². The average Bonchev–Trinajstić information content (AvgIpc) is 3.98. The predicted octanol–water partition coefficient (Wildman–Crippen LogP) is 10.7. The van der Waals surface area contributed by atoms with E-state index in [-0.39, 0.29) is 0 Å². The van der Waals surface area contributed by atoms with Gasteiger partial charge in [0.15, 0.2) is 0 Å². The quantitative estimate of drug-likeness (QED) is 0.158. The number of hydrogen-bond donors (Lipinski definition) is 0. The van der Waals surface area contributed by atoms with Crippen molar-refractivity contribution in [3.05, 3.63) is 134 Å². The van der Waals surface area contributed by atoms with Crippen LogP contribution < -0.4 is 9.80 Å². The largest absolute Gasteiger partial charge is 0.420 e. The van der Waals surface area contributed by atoms with Crippen LogP contribution in [0, 0.1) is 0 Å². The van der Waals surface area contributed by atoms with Gasteiger partial charge in [-0.05, 0) is 48.5 Å². The number of rotatable bonds is 8. The highest BCUT2D eigenvalue weighted by molar-refractivity contribution is 7.58. The second-order valence-electron chi connectivity index (χ2n) is 10.7. The van der Waals surface area contributed by atoms with Crippen LogP contribution in [-0.2, 0) is 11.4 Å². The van der Waals surface area contributed by atoms with E-state index in [0.717, 1.165) is 45.8 Å². The lowest BCUT2D eigenvalue weighted by Gasteiger charge is -2.21. The third kappa shape index (κ3) is 4.78. The van der Waals surface area contributed by atoms with E-state index in [2.05, 4.69) is 0 Å². The molecule has 0 fully saturated rings. The summed E-state index contributed by atoms with van der Waals surface area (Å²) >= 11 is 2.17. The van der Waals surface area contributed by atoms with E-state index < -0.39 is 0 Å². The molecule has 4 heterocycles. The first-order valence-electron chi connectivity index (χ1n) is 15.0. The number of benzene rings is 5. The molecule has 3 aromatic heterocycles. The molecule has 0 bridgehead atoms. The van der Waals surface area contributed by atoms with Crippen molar-refractivity contribution in [3.8, 4) is 22.9 Å². The van der Waals surface area contributed by atoms with Gasteiger partial charge in [-0.15, -0.1) is 0 Å². The molecule has 1 aliphatic heterocycles. The molecule has 10 nitrogen and oxygen atoms in total. The van der Waals surface area contributed by atoms with Crippen LogP contribution in [0.25, 0.3) is 33.9 Å². The topological polar surface area (TPSA) is 109 Å². The maximum absolute atomic E-state index is 6.52. The molecule has 0 saturated carbocycles. The van der Waals surface area contributed by atoms with Gasteiger partial charge < -0.3 is 8.83 Å². The molecule has 0 aliphatic carbocycles. The van der Waals surface area contributed by atoms with E-state index in [1.54, 1.807) is 12.4 Å². The zero-order valence-electron chi connectivity index (χ0n) is 24.9. The summed E-state index contributed by atoms with van der Waals surface area (Å²) in [6.07, 6.45) is 3.42. The zero-order valence-corrected chi connectivity index (χ0v) is 26.5. The lowest BCUT2D eigenvalue weighted by Crippen LogP contribution is -2.08. The second-order valence-corrected chi connectivity index (χ2v) is 11.8. The Kier molecular flexibility index (Phi) is 6.91. The van der Waals surface area contributed by atoms with Crippen molar-refractivity contribution in [3.63, 3.8) is 0 Å². The second kappa shape index (κ2) is 11.8. The molecule has 230 valence electrons. The third-order valence-corrected chi connectivity index (χ3v) is 8.89. The van der Waals surface area contributed by atoms with E-state index in [4.69, 9.17) is 36.3 Å². The number of nitrogens with zero attached hydrogens (tertiary/aromatic N) is 8. The number of hydrogen-bond acceptors (Lipinski definition) is 11. The van der Waals surface area contributed by atoms with Crippen molar-refractivity contribution < 1.29 is 8.83 Å². The minimum absolute atomic E-state index is 0.358. The van der Waals surface area contributed by atoms with Gasteiger partial charge in [-0.1, -0.05) is 72.8 Å². The first-order chi connectivity index (χ1) is 23.8. The normalized spacial score (nSPS) is 11.8. The van der Waals surface area contributed by atoms with Crippen LogP contribution in [0.5, 0.6) is 0 Å². The molecule has 0 atom stereocenters. The molecular weight excluding hydrogens is 641 g/mol. The van der Waals surface area contributed by atoms with Crippen molar-refractivity contribution in [2.75, 3.05) is 9.80 Å². The van der Waals surface area contributed by atoms with E-state index in [9.17, 15) is 0 Å². The molecule has 0 amide bonds. The fraction of sp³-hybridized carbons (Fsp3) is 0. The van der Waals surface area contributed by atoms with Crippen LogP contribution in [-0.4, -0.2) is 18.7 Å². The first kappa shape index (κ1) is 28.0. The summed E-state index contributed by atoms with van der Waals surface area (Å²) in [5.41, 5.74) is 7.28. The molecule has 0 saturated heterocycles. The van der Waals surface area contributed by atoms with Gasteiger partial charge in [0, 0.05) is 22.7 Å². The van der Waals surface area contributed by atoms with E-state index in [0.29, 0.717) is 57.1 Å². The summed E-state index contributed by atoms with van der Waals surface area (Å²) in [5.74, 6) is 1.80. The molecule has 0 N–H and O–H groups in total. The fourth-order valence-electron chi connectivity index (χ4n) is 5.75. The highest BCUT2D eigenvalue weighted by atomic mass is 32.1. The van der Waals surface area contributed by atoms with Crippen LogP contribution in [0.1, 0.15) is 0 Å². The van der Waals surface area contributed by atoms with Crippen LogP contribution in [0.2, 0.25) is 0 Å². The monoisotopic (exact) mass is 662 g/mol. The number of anilines is 6. The average molecular weight is 663 g/mol. The summed E-state index contributed by atoms with van der Waals surface area (Å²) in [7, 11) is 0. The Morgan fingerprint density at radius 1 is 0.458 bits per heavy atom. The molecule has 48 heavy (non-hydrogen) atoms. The molecule has 5 aromatic carbocycles. The van der Waals surface area contributed by atoms with Crippen molar-refractivity contribution in [1.82, 2.24) is 18.7 Å². The van der Waals surface area contributed by atoms with Crippen molar-refractivity contribution >= 4 is 80.0 Å². The maximum Gasteiger partial charge on any atom is 0.233 e. The highest BCUT2D eigenvalue weighted by Crippen LogP contribution is 2.52. The molecule has 0 radical (unpaired) electrons. The van der Waals surface area contributed by atoms with Gasteiger partial charge in [-0.3, -0.25) is 9.80 Å². The van der Waals surface area contributed by atoms with Crippen LogP contribution in [0.4, 0.5) is 45.9 Å². The van der Waals surface area contributed by atoms with Gasteiger partial charge in [0.2, 0.25) is 23.5 Å². The summed E-state index contributed by atoms with van der Waals surface area (Å²) < 4.78 is 31.8. The molecule has 0 unspecified atom stereocenters. The Balaban J connectivity index is 1.17. The van der Waals surface area contributed by atoms with E-state index in [1.807, 2.05) is 131 Å². The Labute approximate surface area is 281 Å². The Morgan fingerprint density at radius 3 is 1.17 bits per heavy atom. The van der Waals surface area contributed by atoms with Crippen molar-refractivity contribution in [1.29, 1.82) is 0 Å². The SMILES string of the molecule is c1ccc(N(c2ccccc2)c2cnc(-c3c4c(c(-c5ncc(N(c6ccccc6)c6ccccc6)o5)c5nsnc35)N=S=N4)o2)cc1. The predicted molar refractivity (Wildman–Crippen MR) is 189 cm³/mol. The summed E-state index contributed by atoms with van der Waals surface area (Å²) in [5, 5.41) is 0. The maximum atomic E-state index is 6.52.